The summed E-state index contributed by atoms with van der Waals surface area (Å²) in [5, 5.41) is 9.69. The highest BCUT2D eigenvalue weighted by molar-refractivity contribution is 9.10. The SMILES string of the molecule is COc1ccc(F)cc1C(=O)NCc1ccc(-c2nc(C(C)C(F)(F)F)c(Br)c3[nH]nc(N)c23)cc1. The second-order valence-corrected chi connectivity index (χ2v) is 8.80. The maximum Gasteiger partial charge on any atom is 0.397 e. The van der Waals surface area contributed by atoms with Gasteiger partial charge in [0.2, 0.25) is 0 Å². The van der Waals surface area contributed by atoms with E-state index in [0.717, 1.165) is 13.0 Å². The van der Waals surface area contributed by atoms with Crippen molar-refractivity contribution in [3.63, 3.8) is 0 Å². The van der Waals surface area contributed by atoms with Gasteiger partial charge in [0.25, 0.3) is 5.91 Å². The highest BCUT2D eigenvalue weighted by Gasteiger charge is 2.40. The van der Waals surface area contributed by atoms with E-state index in [2.05, 4.69) is 36.4 Å². The van der Waals surface area contributed by atoms with E-state index in [1.165, 1.54) is 19.2 Å². The standard InChI is InChI=1S/C24H20BrF4N5O2/c1-11(24(27,28)29)19-18(25)21-17(22(30)34-33-21)20(32-19)13-5-3-12(4-6-13)10-31-23(35)15-9-14(26)7-8-16(15)36-2/h3-9,11H,10H2,1-2H3,(H,31,35)(H3,30,33,34). The van der Waals surface area contributed by atoms with E-state index < -0.39 is 23.8 Å². The van der Waals surface area contributed by atoms with Gasteiger partial charge in [-0.05, 0) is 46.6 Å². The molecule has 0 saturated carbocycles. The zero-order valence-corrected chi connectivity index (χ0v) is 20.6. The number of nitrogens with zero attached hydrogens (tertiary/aromatic N) is 2. The molecule has 0 aliphatic heterocycles. The second kappa shape index (κ2) is 9.76. The molecular weight excluding hydrogens is 546 g/mol. The zero-order chi connectivity index (χ0) is 26.2. The average molecular weight is 566 g/mol. The average Bonchev–Trinajstić information content (AvgIpc) is 3.24. The molecule has 0 spiro atoms. The lowest BCUT2D eigenvalue weighted by Crippen LogP contribution is -2.23. The highest BCUT2D eigenvalue weighted by atomic mass is 79.9. The van der Waals surface area contributed by atoms with E-state index in [1.807, 2.05) is 0 Å². The minimum Gasteiger partial charge on any atom is -0.496 e. The number of pyridine rings is 1. The van der Waals surface area contributed by atoms with Crippen LogP contribution in [0.4, 0.5) is 23.4 Å². The predicted octanol–water partition coefficient (Wildman–Crippen LogP) is 5.71. The van der Waals surface area contributed by atoms with Crippen LogP contribution >= 0.6 is 15.9 Å². The third-order valence-corrected chi connectivity index (χ3v) is 6.50. The molecule has 188 valence electrons. The number of fused-ring (bicyclic) bond motifs is 1. The Morgan fingerprint density at radius 3 is 2.56 bits per heavy atom. The zero-order valence-electron chi connectivity index (χ0n) is 19.0. The van der Waals surface area contributed by atoms with Crippen LogP contribution in [0.25, 0.3) is 22.2 Å². The Balaban J connectivity index is 1.63. The summed E-state index contributed by atoms with van der Waals surface area (Å²) < 4.78 is 59.2. The Bertz CT molecular complexity index is 1440. The quantitative estimate of drug-likeness (QED) is 0.259. The minimum absolute atomic E-state index is 0.0531. The predicted molar refractivity (Wildman–Crippen MR) is 130 cm³/mol. The smallest absolute Gasteiger partial charge is 0.397 e. The van der Waals surface area contributed by atoms with Crippen molar-refractivity contribution >= 4 is 38.6 Å². The van der Waals surface area contributed by atoms with Crippen molar-refractivity contribution in [1.82, 2.24) is 20.5 Å². The fraction of sp³-hybridized carbons (Fsp3) is 0.208. The Morgan fingerprint density at radius 1 is 1.22 bits per heavy atom. The van der Waals surface area contributed by atoms with Crippen molar-refractivity contribution in [3.05, 3.63) is 69.6 Å². The number of hydrogen-bond acceptors (Lipinski definition) is 5. The third-order valence-electron chi connectivity index (χ3n) is 5.70. The highest BCUT2D eigenvalue weighted by Crippen LogP contribution is 2.42. The Labute approximate surface area is 211 Å². The van der Waals surface area contributed by atoms with Crippen LogP contribution in [-0.4, -0.2) is 34.4 Å². The van der Waals surface area contributed by atoms with E-state index >= 15 is 0 Å². The summed E-state index contributed by atoms with van der Waals surface area (Å²) >= 11 is 3.21. The maximum absolute atomic E-state index is 13.6. The maximum atomic E-state index is 13.6. The molecule has 0 aliphatic carbocycles. The molecule has 2 aromatic heterocycles. The molecule has 0 saturated heterocycles. The minimum atomic E-state index is -4.50. The molecule has 0 aliphatic rings. The number of nitrogens with one attached hydrogen (secondary N) is 2. The summed E-state index contributed by atoms with van der Waals surface area (Å²) in [6, 6.07) is 10.3. The Hall–Kier alpha value is -3.67. The number of aromatic amines is 1. The normalized spacial score (nSPS) is 12.5. The summed E-state index contributed by atoms with van der Waals surface area (Å²) in [6.07, 6.45) is -4.50. The summed E-state index contributed by atoms with van der Waals surface area (Å²) in [7, 11) is 1.38. The number of benzene rings is 2. The van der Waals surface area contributed by atoms with E-state index in [4.69, 9.17) is 10.5 Å². The van der Waals surface area contributed by atoms with E-state index in [-0.39, 0.29) is 39.5 Å². The first-order valence-corrected chi connectivity index (χ1v) is 11.4. The van der Waals surface area contributed by atoms with E-state index in [9.17, 15) is 22.4 Å². The monoisotopic (exact) mass is 565 g/mol. The van der Waals surface area contributed by atoms with E-state index in [1.54, 1.807) is 24.3 Å². The Kier molecular flexibility index (Phi) is 6.90. The number of nitrogens with two attached hydrogens (primary N) is 1. The van der Waals surface area contributed by atoms with Gasteiger partial charge in [-0.25, -0.2) is 4.39 Å². The number of amides is 1. The molecule has 2 heterocycles. The number of halogens is 5. The molecule has 0 bridgehead atoms. The fourth-order valence-corrected chi connectivity index (χ4v) is 4.39. The number of carbonyl (C=O) groups excluding carboxylic acids is 1. The number of alkyl halides is 3. The van der Waals surface area contributed by atoms with Gasteiger partial charge in [-0.3, -0.25) is 14.9 Å². The van der Waals surface area contributed by atoms with Gasteiger partial charge >= 0.3 is 6.18 Å². The molecule has 7 nitrogen and oxygen atoms in total. The van der Waals surface area contributed by atoms with Gasteiger partial charge in [-0.15, -0.1) is 0 Å². The lowest BCUT2D eigenvalue weighted by molar-refractivity contribution is -0.147. The number of methoxy groups -OCH3 is 1. The van der Waals surface area contributed by atoms with Gasteiger partial charge in [0, 0.05) is 12.1 Å². The Morgan fingerprint density at radius 2 is 1.92 bits per heavy atom. The van der Waals surface area contributed by atoms with Crippen LogP contribution in [0, 0.1) is 5.82 Å². The molecule has 12 heteroatoms. The first-order valence-electron chi connectivity index (χ1n) is 10.6. The molecule has 1 amide bonds. The van der Waals surface area contributed by atoms with Crippen molar-refractivity contribution in [2.75, 3.05) is 12.8 Å². The lowest BCUT2D eigenvalue weighted by atomic mass is 10.0. The molecule has 4 N–H and O–H groups in total. The van der Waals surface area contributed by atoms with Gasteiger partial charge in [0.15, 0.2) is 5.82 Å². The number of H-pyrrole nitrogens is 1. The van der Waals surface area contributed by atoms with Crippen LogP contribution in [0.5, 0.6) is 5.75 Å². The van der Waals surface area contributed by atoms with Crippen LogP contribution in [0.2, 0.25) is 0 Å². The second-order valence-electron chi connectivity index (χ2n) is 8.01. The molecule has 2 aromatic carbocycles. The van der Waals surface area contributed by atoms with Crippen molar-refractivity contribution in [2.24, 2.45) is 0 Å². The van der Waals surface area contributed by atoms with Gasteiger partial charge in [-0.2, -0.15) is 18.3 Å². The van der Waals surface area contributed by atoms with Crippen LogP contribution in [0.15, 0.2) is 46.9 Å². The van der Waals surface area contributed by atoms with Crippen LogP contribution in [0.1, 0.15) is 34.5 Å². The van der Waals surface area contributed by atoms with Crippen molar-refractivity contribution < 1.29 is 27.1 Å². The fourth-order valence-electron chi connectivity index (χ4n) is 3.67. The molecular formula is C24H20BrF4N5O2. The van der Waals surface area contributed by atoms with Crippen molar-refractivity contribution in [1.29, 1.82) is 0 Å². The van der Waals surface area contributed by atoms with Crippen LogP contribution < -0.4 is 15.8 Å². The first kappa shape index (κ1) is 25.4. The van der Waals surface area contributed by atoms with Gasteiger partial charge < -0.3 is 15.8 Å². The molecule has 1 atom stereocenters. The topological polar surface area (TPSA) is 106 Å². The number of ether oxygens (including phenoxy) is 1. The summed E-state index contributed by atoms with van der Waals surface area (Å²) in [5.74, 6) is -2.61. The lowest BCUT2D eigenvalue weighted by Gasteiger charge is -2.18. The number of anilines is 1. The van der Waals surface area contributed by atoms with Gasteiger partial charge in [-0.1, -0.05) is 24.3 Å². The number of nitrogen functional groups attached to an aromatic ring is 1. The molecule has 0 fully saturated rings. The summed E-state index contributed by atoms with van der Waals surface area (Å²) in [4.78, 5) is 16.8. The van der Waals surface area contributed by atoms with Crippen molar-refractivity contribution in [3.8, 4) is 17.0 Å². The molecule has 36 heavy (non-hydrogen) atoms. The molecule has 1 unspecified atom stereocenters. The first-order chi connectivity index (χ1) is 17.0. The number of hydrogen-bond donors (Lipinski definition) is 3. The van der Waals surface area contributed by atoms with E-state index in [0.29, 0.717) is 22.0 Å². The molecule has 0 radical (unpaired) electrons. The largest absolute Gasteiger partial charge is 0.496 e. The van der Waals surface area contributed by atoms with Crippen LogP contribution in [-0.2, 0) is 6.54 Å². The summed E-state index contributed by atoms with van der Waals surface area (Å²) in [5.41, 5.74) is 7.60. The number of rotatable bonds is 6. The van der Waals surface area contributed by atoms with Gasteiger partial charge in [0.1, 0.15) is 11.6 Å². The van der Waals surface area contributed by atoms with Crippen LogP contribution in [0.3, 0.4) is 0 Å². The number of carbonyl (C=O) groups is 1. The van der Waals surface area contributed by atoms with Gasteiger partial charge in [0.05, 0.1) is 45.4 Å². The number of aromatic nitrogens is 3. The molecule has 4 rings (SSSR count). The summed E-state index contributed by atoms with van der Waals surface area (Å²) in [6.45, 7) is 1.15. The third kappa shape index (κ3) is 4.85. The van der Waals surface area contributed by atoms with Crippen molar-refractivity contribution in [2.45, 2.75) is 25.6 Å². The molecule has 4 aromatic rings.